The van der Waals surface area contributed by atoms with Crippen LogP contribution in [0.25, 0.3) is 0 Å². The highest BCUT2D eigenvalue weighted by Crippen LogP contribution is 2.19. The van der Waals surface area contributed by atoms with E-state index in [9.17, 15) is 4.79 Å². The maximum atomic E-state index is 11.7. The van der Waals surface area contributed by atoms with Crippen LogP contribution >= 0.6 is 11.6 Å². The zero-order valence-corrected chi connectivity index (χ0v) is 13.5. The molecule has 0 unspecified atom stereocenters. The topological polar surface area (TPSA) is 54.5 Å². The molecule has 2 heterocycles. The van der Waals surface area contributed by atoms with E-state index >= 15 is 0 Å². The lowest BCUT2D eigenvalue weighted by Crippen LogP contribution is -2.46. The Kier molecular flexibility index (Phi) is 4.93. The van der Waals surface area contributed by atoms with Crippen LogP contribution in [0, 0.1) is 0 Å². The van der Waals surface area contributed by atoms with Crippen LogP contribution in [0.2, 0.25) is 5.02 Å². The molecule has 1 amide bonds. The van der Waals surface area contributed by atoms with Gasteiger partial charge < -0.3 is 15.0 Å². The van der Waals surface area contributed by atoms with Crippen LogP contribution in [0.1, 0.15) is 33.6 Å². The van der Waals surface area contributed by atoms with Gasteiger partial charge in [0.05, 0.1) is 5.02 Å². The van der Waals surface area contributed by atoms with E-state index in [1.54, 1.807) is 6.20 Å². The monoisotopic (exact) mass is 311 g/mol. The van der Waals surface area contributed by atoms with Crippen LogP contribution in [-0.4, -0.2) is 35.8 Å². The van der Waals surface area contributed by atoms with E-state index in [4.69, 9.17) is 16.3 Å². The maximum Gasteiger partial charge on any atom is 0.407 e. The van der Waals surface area contributed by atoms with Gasteiger partial charge in [0.2, 0.25) is 0 Å². The highest BCUT2D eigenvalue weighted by molar-refractivity contribution is 6.30. The van der Waals surface area contributed by atoms with E-state index in [1.165, 1.54) is 0 Å². The van der Waals surface area contributed by atoms with Gasteiger partial charge in [-0.2, -0.15) is 0 Å². The summed E-state index contributed by atoms with van der Waals surface area (Å²) in [7, 11) is 0. The van der Waals surface area contributed by atoms with Crippen LogP contribution in [0.5, 0.6) is 0 Å². The third-order valence-electron chi connectivity index (χ3n) is 3.25. The van der Waals surface area contributed by atoms with Crippen molar-refractivity contribution in [2.24, 2.45) is 0 Å². The molecule has 0 aromatic carbocycles. The minimum atomic E-state index is -0.460. The highest BCUT2D eigenvalue weighted by atomic mass is 35.5. The van der Waals surface area contributed by atoms with E-state index < -0.39 is 5.60 Å². The molecule has 0 aliphatic carbocycles. The minimum absolute atomic E-state index is 0.156. The molecule has 0 spiro atoms. The summed E-state index contributed by atoms with van der Waals surface area (Å²) in [6.45, 7) is 7.30. The number of anilines is 1. The van der Waals surface area contributed by atoms with Gasteiger partial charge in [-0.25, -0.2) is 9.78 Å². The molecule has 0 atom stereocenters. The Bertz CT molecular complexity index is 477. The summed E-state index contributed by atoms with van der Waals surface area (Å²) in [5.74, 6) is 0.926. The van der Waals surface area contributed by atoms with Gasteiger partial charge in [-0.1, -0.05) is 11.6 Å². The van der Waals surface area contributed by atoms with E-state index in [0.717, 1.165) is 31.7 Å². The summed E-state index contributed by atoms with van der Waals surface area (Å²) in [5, 5.41) is 3.57. The molecule has 21 heavy (non-hydrogen) atoms. The molecule has 1 aliphatic rings. The first-order valence-electron chi connectivity index (χ1n) is 7.19. The average Bonchev–Trinajstić information content (AvgIpc) is 2.38. The second-order valence-electron chi connectivity index (χ2n) is 6.24. The number of halogens is 1. The summed E-state index contributed by atoms with van der Waals surface area (Å²) in [6, 6.07) is 3.92. The molecule has 1 aliphatic heterocycles. The zero-order valence-electron chi connectivity index (χ0n) is 12.7. The molecule has 0 bridgehead atoms. The molecule has 0 radical (unpaired) electrons. The van der Waals surface area contributed by atoms with Crippen molar-refractivity contribution in [2.75, 3.05) is 18.0 Å². The predicted octanol–water partition coefficient (Wildman–Crippen LogP) is 3.23. The average molecular weight is 312 g/mol. The molecule has 2 rings (SSSR count). The Morgan fingerprint density at radius 3 is 2.57 bits per heavy atom. The smallest absolute Gasteiger partial charge is 0.407 e. The van der Waals surface area contributed by atoms with Gasteiger partial charge in [0.1, 0.15) is 11.4 Å². The summed E-state index contributed by atoms with van der Waals surface area (Å²) in [5.41, 5.74) is -0.460. The molecule has 0 saturated carbocycles. The number of rotatable bonds is 2. The molecule has 1 fully saturated rings. The number of piperidine rings is 1. The minimum Gasteiger partial charge on any atom is -0.444 e. The molecular formula is C15H22ClN3O2. The normalized spacial score (nSPS) is 16.7. The number of amides is 1. The first-order chi connectivity index (χ1) is 9.83. The summed E-state index contributed by atoms with van der Waals surface area (Å²) >= 11 is 5.84. The first kappa shape index (κ1) is 15.9. The summed E-state index contributed by atoms with van der Waals surface area (Å²) < 4.78 is 5.27. The fraction of sp³-hybridized carbons (Fsp3) is 0.600. The molecule has 116 valence electrons. The lowest BCUT2D eigenvalue weighted by molar-refractivity contribution is 0.0497. The highest BCUT2D eigenvalue weighted by Gasteiger charge is 2.24. The van der Waals surface area contributed by atoms with Crippen LogP contribution in [0.4, 0.5) is 10.6 Å². The number of aromatic nitrogens is 1. The van der Waals surface area contributed by atoms with Gasteiger partial charge >= 0.3 is 6.09 Å². The standard InChI is InChI=1S/C15H22ClN3O2/c1-15(2,3)21-14(20)18-12-6-8-19(9-7-12)13-5-4-11(16)10-17-13/h4-5,10,12H,6-9H2,1-3H3,(H,18,20). The number of hydrogen-bond acceptors (Lipinski definition) is 4. The van der Waals surface area contributed by atoms with Crippen molar-refractivity contribution in [1.29, 1.82) is 0 Å². The molecule has 6 heteroatoms. The van der Waals surface area contributed by atoms with Crippen molar-refractivity contribution in [3.63, 3.8) is 0 Å². The van der Waals surface area contributed by atoms with Crippen molar-refractivity contribution < 1.29 is 9.53 Å². The first-order valence-corrected chi connectivity index (χ1v) is 7.57. The predicted molar refractivity (Wildman–Crippen MR) is 83.9 cm³/mol. The van der Waals surface area contributed by atoms with Gasteiger partial charge in [-0.05, 0) is 45.7 Å². The quantitative estimate of drug-likeness (QED) is 0.911. The molecular weight excluding hydrogens is 290 g/mol. The third kappa shape index (κ3) is 5.08. The number of alkyl carbamates (subject to hydrolysis) is 1. The van der Waals surface area contributed by atoms with Gasteiger partial charge in [0.15, 0.2) is 0 Å². The number of hydrogen-bond donors (Lipinski definition) is 1. The van der Waals surface area contributed by atoms with E-state index in [1.807, 2.05) is 32.9 Å². The fourth-order valence-electron chi connectivity index (χ4n) is 2.28. The van der Waals surface area contributed by atoms with Crippen molar-refractivity contribution in [2.45, 2.75) is 45.3 Å². The lowest BCUT2D eigenvalue weighted by atomic mass is 10.1. The number of nitrogens with one attached hydrogen (secondary N) is 1. The Labute approximate surface area is 130 Å². The summed E-state index contributed by atoms with van der Waals surface area (Å²) in [6.07, 6.45) is 3.07. The van der Waals surface area contributed by atoms with Crippen LogP contribution in [0.3, 0.4) is 0 Å². The Hall–Kier alpha value is -1.49. The molecule has 1 saturated heterocycles. The second kappa shape index (κ2) is 6.52. The molecule has 5 nitrogen and oxygen atoms in total. The Morgan fingerprint density at radius 2 is 2.05 bits per heavy atom. The van der Waals surface area contributed by atoms with Gasteiger partial charge in [0.25, 0.3) is 0 Å². The molecule has 1 aromatic rings. The largest absolute Gasteiger partial charge is 0.444 e. The van der Waals surface area contributed by atoms with E-state index in [2.05, 4.69) is 15.2 Å². The number of carbonyl (C=O) groups is 1. The zero-order chi connectivity index (χ0) is 15.5. The molecule has 1 N–H and O–H groups in total. The van der Waals surface area contributed by atoms with Crippen LogP contribution < -0.4 is 10.2 Å². The lowest BCUT2D eigenvalue weighted by Gasteiger charge is -2.33. The Balaban J connectivity index is 1.80. The van der Waals surface area contributed by atoms with Crippen LogP contribution in [0.15, 0.2) is 18.3 Å². The van der Waals surface area contributed by atoms with Crippen molar-refractivity contribution in [1.82, 2.24) is 10.3 Å². The number of carbonyl (C=O) groups excluding carboxylic acids is 1. The molecule has 1 aromatic heterocycles. The Morgan fingerprint density at radius 1 is 1.38 bits per heavy atom. The van der Waals surface area contributed by atoms with Crippen molar-refractivity contribution in [3.8, 4) is 0 Å². The number of ether oxygens (including phenoxy) is 1. The van der Waals surface area contributed by atoms with Gasteiger partial charge in [0, 0.05) is 25.3 Å². The maximum absolute atomic E-state index is 11.7. The second-order valence-corrected chi connectivity index (χ2v) is 6.68. The van der Waals surface area contributed by atoms with Gasteiger partial charge in [-0.15, -0.1) is 0 Å². The van der Waals surface area contributed by atoms with Crippen molar-refractivity contribution in [3.05, 3.63) is 23.4 Å². The summed E-state index contributed by atoms with van der Waals surface area (Å²) in [4.78, 5) is 18.3. The van der Waals surface area contributed by atoms with E-state index in [-0.39, 0.29) is 12.1 Å². The van der Waals surface area contributed by atoms with Crippen LogP contribution in [-0.2, 0) is 4.74 Å². The van der Waals surface area contributed by atoms with E-state index in [0.29, 0.717) is 5.02 Å². The number of pyridine rings is 1. The van der Waals surface area contributed by atoms with Gasteiger partial charge in [-0.3, -0.25) is 0 Å². The SMILES string of the molecule is CC(C)(C)OC(=O)NC1CCN(c2ccc(Cl)cn2)CC1. The van der Waals surface area contributed by atoms with Crippen molar-refractivity contribution >= 4 is 23.5 Å². The fourth-order valence-corrected chi connectivity index (χ4v) is 2.39. The number of nitrogens with zero attached hydrogens (tertiary/aromatic N) is 2. The third-order valence-corrected chi connectivity index (χ3v) is 3.48.